The van der Waals surface area contributed by atoms with E-state index in [0.717, 1.165) is 16.2 Å². The molecule has 2 aliphatic heterocycles. The van der Waals surface area contributed by atoms with Crippen LogP contribution in [0.2, 0.25) is 4.34 Å². The van der Waals surface area contributed by atoms with Gasteiger partial charge in [0.25, 0.3) is 11.8 Å². The molecule has 1 fully saturated rings. The number of nitrogens with zero attached hydrogens (tertiary/aromatic N) is 6. The minimum atomic E-state index is -1.44. The number of rotatable bonds is 14. The summed E-state index contributed by atoms with van der Waals surface area (Å²) in [7, 11) is 0. The van der Waals surface area contributed by atoms with Gasteiger partial charge in [-0.2, -0.15) is 0 Å². The van der Waals surface area contributed by atoms with E-state index in [-0.39, 0.29) is 45.7 Å². The van der Waals surface area contributed by atoms with Gasteiger partial charge in [0.2, 0.25) is 6.10 Å². The number of β-lactam (4-membered cyclic amide) rings is 1. The number of fused-ring (bicyclic) bond motifs is 2. The van der Waals surface area contributed by atoms with Crippen molar-refractivity contribution in [1.82, 2.24) is 24.8 Å². The number of hydrogen-bond donors (Lipinski definition) is 6. The second-order valence-corrected chi connectivity index (χ2v) is 13.9. The average molecular weight is 752 g/mol. The number of carbonyl (C=O) groups excluding carboxylic acids is 3. The van der Waals surface area contributed by atoms with E-state index in [1.54, 1.807) is 27.5 Å². The molecule has 2 aliphatic rings. The molecule has 0 saturated carbocycles. The molecule has 0 aromatic carbocycles. The first-order valence-corrected chi connectivity index (χ1v) is 17.0. The van der Waals surface area contributed by atoms with Gasteiger partial charge in [-0.05, 0) is 30.5 Å². The number of nitrogens with one attached hydrogen (secondary N) is 1. The number of halogens is 1. The van der Waals surface area contributed by atoms with Crippen LogP contribution >= 0.6 is 34.7 Å². The Balaban J connectivity index is 1.35. The number of carbonyl (C=O) groups is 5. The predicted octanol–water partition coefficient (Wildman–Crippen LogP) is -0.489. The van der Waals surface area contributed by atoms with Crippen molar-refractivity contribution >= 4 is 92.4 Å². The molecule has 5 rings (SSSR count). The van der Waals surface area contributed by atoms with Crippen LogP contribution in [0.25, 0.3) is 11.2 Å². The van der Waals surface area contributed by atoms with Gasteiger partial charge in [-0.3, -0.25) is 23.9 Å². The van der Waals surface area contributed by atoms with Crippen molar-refractivity contribution in [2.75, 3.05) is 23.8 Å². The molecule has 22 heteroatoms. The van der Waals surface area contributed by atoms with Gasteiger partial charge in [0, 0.05) is 30.8 Å². The first-order valence-electron chi connectivity index (χ1n) is 14.8. The minimum Gasteiger partial charge on any atom is -0.478 e. The second-order valence-electron chi connectivity index (χ2n) is 11.1. The molecule has 3 aromatic heterocycles. The van der Waals surface area contributed by atoms with E-state index in [1.165, 1.54) is 25.6 Å². The van der Waals surface area contributed by atoms with Crippen LogP contribution in [-0.2, 0) is 46.6 Å². The normalized spacial score (nSPS) is 18.7. The van der Waals surface area contributed by atoms with Crippen molar-refractivity contribution in [2.45, 2.75) is 56.9 Å². The molecule has 2 amide bonds. The summed E-state index contributed by atoms with van der Waals surface area (Å²) in [6.45, 7) is 2.97. The number of carboxylic acids is 2. The van der Waals surface area contributed by atoms with Crippen molar-refractivity contribution in [3.63, 3.8) is 0 Å². The van der Waals surface area contributed by atoms with Crippen LogP contribution < -0.4 is 27.1 Å². The molecule has 1 saturated heterocycles. The number of nitrogen functional groups attached to an aromatic ring is 2. The van der Waals surface area contributed by atoms with Gasteiger partial charge in [0.1, 0.15) is 45.8 Å². The standard InChI is InChI=1S/C28H31ClN10O9S2/c1-11(25(43)44)48-36-17(16-20(29)50-28(32)34-16)22(41)33-18-23(42)39-19(26(45)46)13(10-49-24(18)39)8-37-6-3-4-15-21(37)35-27(31)38(15)7-5-14(30)9-47-12(2)40/h3-4,6,11,14,18,24,31H,5,7-10,30H2,1-2H3,(H5,32,33,34,41,43,44,45,46)/p+1/t11-,14-,18?,24?/m0/s1. The Bertz CT molecular complexity index is 1950. The SMILES string of the molecule is CC(=O)OC[C@@H](N)CCn1c(N)nc2c1ccc[n+]2CC1=C(C(=O)O)N2C(=O)C(NC(=O)C(=NO[C@@H](C)C(=O)O)c3nc(N)sc3Cl)C2SC1. The van der Waals surface area contributed by atoms with Gasteiger partial charge in [-0.15, -0.1) is 11.8 Å². The number of pyridine rings is 1. The highest BCUT2D eigenvalue weighted by Gasteiger charge is 2.54. The van der Waals surface area contributed by atoms with Crippen LogP contribution in [0.5, 0.6) is 0 Å². The molecular formula is C28H32ClN10O9S2+. The lowest BCUT2D eigenvalue weighted by molar-refractivity contribution is -0.664. The maximum absolute atomic E-state index is 13.4. The molecular weight excluding hydrogens is 720 g/mol. The summed E-state index contributed by atoms with van der Waals surface area (Å²) in [5, 5.41) is 24.8. The fourth-order valence-corrected chi connectivity index (χ4v) is 7.44. The number of ether oxygens (including phenoxy) is 1. The Kier molecular flexibility index (Phi) is 10.8. The Morgan fingerprint density at radius 2 is 2.00 bits per heavy atom. The number of aliphatic carboxylic acids is 2. The summed E-state index contributed by atoms with van der Waals surface area (Å²) >= 11 is 8.25. The van der Waals surface area contributed by atoms with E-state index >= 15 is 0 Å². The molecule has 0 radical (unpaired) electrons. The summed E-state index contributed by atoms with van der Waals surface area (Å²) in [4.78, 5) is 76.2. The van der Waals surface area contributed by atoms with E-state index in [9.17, 15) is 29.1 Å². The van der Waals surface area contributed by atoms with Crippen LogP contribution in [0.4, 0.5) is 11.1 Å². The summed E-state index contributed by atoms with van der Waals surface area (Å²) in [6.07, 6.45) is 0.709. The number of imidazole rings is 1. The van der Waals surface area contributed by atoms with Gasteiger partial charge in [0.05, 0.1) is 6.20 Å². The van der Waals surface area contributed by atoms with Crippen molar-refractivity contribution in [2.24, 2.45) is 10.9 Å². The average Bonchev–Trinajstić information content (AvgIpc) is 3.57. The molecule has 266 valence electrons. The largest absolute Gasteiger partial charge is 0.478 e. The quantitative estimate of drug-likeness (QED) is 0.0398. The van der Waals surface area contributed by atoms with Gasteiger partial charge in [-0.25, -0.2) is 19.1 Å². The third-order valence-electron chi connectivity index (χ3n) is 7.62. The first-order chi connectivity index (χ1) is 23.7. The Hall–Kier alpha value is -4.99. The highest BCUT2D eigenvalue weighted by Crippen LogP contribution is 2.40. The summed E-state index contributed by atoms with van der Waals surface area (Å²) in [6, 6.07) is 1.96. The smallest absolute Gasteiger partial charge is 0.352 e. The van der Waals surface area contributed by atoms with Crippen LogP contribution in [0.1, 0.15) is 26.0 Å². The van der Waals surface area contributed by atoms with E-state index in [1.807, 2.05) is 0 Å². The van der Waals surface area contributed by atoms with Gasteiger partial charge in [0.15, 0.2) is 10.8 Å². The fourth-order valence-electron chi connectivity index (χ4n) is 5.17. The minimum absolute atomic E-state index is 0.00209. The number of carboxylic acid groups (broad SMARTS) is 2. The number of amides is 2. The van der Waals surface area contributed by atoms with E-state index in [0.29, 0.717) is 29.7 Å². The lowest BCUT2D eigenvalue weighted by Crippen LogP contribution is -2.71. The van der Waals surface area contributed by atoms with Gasteiger partial charge in [-0.1, -0.05) is 28.1 Å². The molecule has 9 N–H and O–H groups in total. The number of anilines is 2. The van der Waals surface area contributed by atoms with Crippen molar-refractivity contribution in [3.8, 4) is 0 Å². The zero-order valence-electron chi connectivity index (χ0n) is 26.4. The summed E-state index contributed by atoms with van der Waals surface area (Å²) in [5.41, 5.74) is 18.6. The molecule has 0 spiro atoms. The number of thioether (sulfide) groups is 1. The zero-order valence-corrected chi connectivity index (χ0v) is 28.8. The molecule has 4 atom stereocenters. The maximum Gasteiger partial charge on any atom is 0.352 e. The highest BCUT2D eigenvalue weighted by atomic mass is 35.5. The van der Waals surface area contributed by atoms with E-state index in [4.69, 9.17) is 43.5 Å². The molecule has 5 heterocycles. The number of thiazole rings is 1. The van der Waals surface area contributed by atoms with Gasteiger partial charge < -0.3 is 42.3 Å². The fraction of sp³-hybridized carbons (Fsp3) is 0.393. The zero-order chi connectivity index (χ0) is 36.4. The molecule has 19 nitrogen and oxygen atoms in total. The lowest BCUT2D eigenvalue weighted by Gasteiger charge is -2.49. The van der Waals surface area contributed by atoms with Gasteiger partial charge >= 0.3 is 29.5 Å². The Morgan fingerprint density at radius 1 is 1.26 bits per heavy atom. The third kappa shape index (κ3) is 7.44. The molecule has 3 aromatic rings. The first kappa shape index (κ1) is 36.3. The Morgan fingerprint density at radius 3 is 2.64 bits per heavy atom. The number of hydrogen-bond acceptors (Lipinski definition) is 15. The molecule has 0 aliphatic carbocycles. The van der Waals surface area contributed by atoms with Crippen LogP contribution in [0.3, 0.4) is 0 Å². The van der Waals surface area contributed by atoms with E-state index in [2.05, 4.69) is 20.4 Å². The topological polar surface area (TPSA) is 285 Å². The molecule has 0 bridgehead atoms. The maximum atomic E-state index is 13.4. The molecule has 50 heavy (non-hydrogen) atoms. The van der Waals surface area contributed by atoms with Crippen LogP contribution in [0, 0.1) is 0 Å². The number of esters is 1. The van der Waals surface area contributed by atoms with Crippen molar-refractivity contribution in [3.05, 3.63) is 39.6 Å². The second kappa shape index (κ2) is 14.9. The predicted molar refractivity (Wildman–Crippen MR) is 180 cm³/mol. The van der Waals surface area contributed by atoms with Crippen molar-refractivity contribution < 1.29 is 48.3 Å². The number of oxime groups is 1. The summed E-state index contributed by atoms with van der Waals surface area (Å²) in [5.74, 6) is -4.41. The monoisotopic (exact) mass is 751 g/mol. The number of nitrogens with two attached hydrogens (primary N) is 3. The summed E-state index contributed by atoms with van der Waals surface area (Å²) < 4.78 is 8.41. The van der Waals surface area contributed by atoms with Crippen LogP contribution in [0.15, 0.2) is 34.8 Å². The molecule has 2 unspecified atom stereocenters. The van der Waals surface area contributed by atoms with Crippen molar-refractivity contribution in [1.29, 1.82) is 0 Å². The van der Waals surface area contributed by atoms with Crippen LogP contribution in [-0.4, -0.2) is 101 Å². The number of aromatic nitrogens is 4. The Labute approximate surface area is 296 Å². The number of aryl methyl sites for hydroxylation is 1. The van der Waals surface area contributed by atoms with E-state index < -0.39 is 59.0 Å². The lowest BCUT2D eigenvalue weighted by atomic mass is 10.0. The third-order valence-corrected chi connectivity index (χ3v) is 10.0. The highest BCUT2D eigenvalue weighted by molar-refractivity contribution is 8.00.